The highest BCUT2D eigenvalue weighted by Crippen LogP contribution is 2.20. The Hall–Kier alpha value is -2.47. The van der Waals surface area contributed by atoms with Crippen molar-refractivity contribution in [2.24, 2.45) is 0 Å². The summed E-state index contributed by atoms with van der Waals surface area (Å²) < 4.78 is 5.13. The number of nitrogens with one attached hydrogen (secondary N) is 1. The third kappa shape index (κ3) is 3.71. The molecule has 126 valence electrons. The minimum absolute atomic E-state index is 0.0139. The first-order chi connectivity index (χ1) is 11.6. The van der Waals surface area contributed by atoms with Crippen LogP contribution in [-0.4, -0.2) is 54.3 Å². The second-order valence-electron chi connectivity index (χ2n) is 5.48. The zero-order valence-electron chi connectivity index (χ0n) is 13.1. The Morgan fingerprint density at radius 3 is 2.42 bits per heavy atom. The fourth-order valence-corrected chi connectivity index (χ4v) is 2.80. The van der Waals surface area contributed by atoms with Crippen molar-refractivity contribution in [1.82, 2.24) is 9.80 Å². The number of hydrogen-bond donors (Lipinski definition) is 1. The first-order valence-electron chi connectivity index (χ1n) is 7.74. The fraction of sp³-hybridized carbons (Fsp3) is 0.294. The van der Waals surface area contributed by atoms with Crippen LogP contribution in [0.3, 0.4) is 0 Å². The van der Waals surface area contributed by atoms with E-state index in [0.717, 1.165) is 5.69 Å². The van der Waals surface area contributed by atoms with Gasteiger partial charge >= 0.3 is 0 Å². The molecule has 2 amide bonds. The van der Waals surface area contributed by atoms with Crippen LogP contribution in [-0.2, 0) is 4.79 Å². The van der Waals surface area contributed by atoms with Crippen molar-refractivity contribution in [2.45, 2.75) is 0 Å². The molecule has 3 rings (SSSR count). The SMILES string of the molecule is O=C(CNc1ccccc1Cl)N1CCN(C(=O)c2ccco2)CC1. The van der Waals surface area contributed by atoms with E-state index in [1.54, 1.807) is 28.0 Å². The first-order valence-corrected chi connectivity index (χ1v) is 8.12. The van der Waals surface area contributed by atoms with Gasteiger partial charge in [-0.3, -0.25) is 9.59 Å². The summed E-state index contributed by atoms with van der Waals surface area (Å²) >= 11 is 6.06. The van der Waals surface area contributed by atoms with Crippen molar-refractivity contribution in [2.75, 3.05) is 38.0 Å². The van der Waals surface area contributed by atoms with Crippen molar-refractivity contribution in [3.63, 3.8) is 0 Å². The first kappa shape index (κ1) is 16.4. The molecule has 0 bridgehead atoms. The molecule has 1 aromatic carbocycles. The number of hydrogen-bond acceptors (Lipinski definition) is 4. The number of rotatable bonds is 4. The molecule has 0 spiro atoms. The second kappa shape index (κ2) is 7.40. The lowest BCUT2D eigenvalue weighted by Gasteiger charge is -2.34. The van der Waals surface area contributed by atoms with E-state index in [1.165, 1.54) is 6.26 Å². The molecule has 6 nitrogen and oxygen atoms in total. The zero-order valence-corrected chi connectivity index (χ0v) is 13.8. The molecule has 0 radical (unpaired) electrons. The van der Waals surface area contributed by atoms with Gasteiger partial charge in [0.25, 0.3) is 5.91 Å². The normalized spacial score (nSPS) is 14.5. The highest BCUT2D eigenvalue weighted by molar-refractivity contribution is 6.33. The number of furan rings is 1. The van der Waals surface area contributed by atoms with E-state index in [-0.39, 0.29) is 18.4 Å². The molecule has 0 atom stereocenters. The highest BCUT2D eigenvalue weighted by atomic mass is 35.5. The molecule has 1 fully saturated rings. The molecule has 0 aliphatic carbocycles. The fourth-order valence-electron chi connectivity index (χ4n) is 2.60. The minimum atomic E-state index is -0.138. The summed E-state index contributed by atoms with van der Waals surface area (Å²) in [6.45, 7) is 2.19. The predicted octanol–water partition coefficient (Wildman–Crippen LogP) is 2.33. The smallest absolute Gasteiger partial charge is 0.289 e. The lowest BCUT2D eigenvalue weighted by atomic mass is 10.2. The van der Waals surface area contributed by atoms with Gasteiger partial charge in [-0.25, -0.2) is 0 Å². The number of para-hydroxylation sites is 1. The van der Waals surface area contributed by atoms with Gasteiger partial charge < -0.3 is 19.5 Å². The van der Waals surface area contributed by atoms with Gasteiger partial charge in [0.15, 0.2) is 5.76 Å². The number of nitrogens with zero attached hydrogens (tertiary/aromatic N) is 2. The van der Waals surface area contributed by atoms with Crippen molar-refractivity contribution < 1.29 is 14.0 Å². The van der Waals surface area contributed by atoms with Crippen LogP contribution >= 0.6 is 11.6 Å². The number of piperazine rings is 1. The lowest BCUT2D eigenvalue weighted by Crippen LogP contribution is -2.51. The second-order valence-corrected chi connectivity index (χ2v) is 5.89. The summed E-state index contributed by atoms with van der Waals surface area (Å²) in [5.74, 6) is 0.177. The van der Waals surface area contributed by atoms with Crippen LogP contribution in [0.2, 0.25) is 5.02 Å². The van der Waals surface area contributed by atoms with E-state index in [0.29, 0.717) is 37.0 Å². The Labute approximate surface area is 145 Å². The summed E-state index contributed by atoms with van der Waals surface area (Å²) in [6, 6.07) is 10.6. The average Bonchev–Trinajstić information content (AvgIpc) is 3.15. The molecular weight excluding hydrogens is 330 g/mol. The minimum Gasteiger partial charge on any atom is -0.459 e. The van der Waals surface area contributed by atoms with Gasteiger partial charge in [0.1, 0.15) is 0 Å². The molecule has 1 aliphatic heterocycles. The molecule has 1 N–H and O–H groups in total. The van der Waals surface area contributed by atoms with E-state index in [4.69, 9.17) is 16.0 Å². The summed E-state index contributed by atoms with van der Waals surface area (Å²) in [6.07, 6.45) is 1.48. The summed E-state index contributed by atoms with van der Waals surface area (Å²) in [4.78, 5) is 27.9. The molecule has 0 unspecified atom stereocenters. The maximum absolute atomic E-state index is 12.3. The van der Waals surface area contributed by atoms with E-state index in [9.17, 15) is 9.59 Å². The van der Waals surface area contributed by atoms with Gasteiger partial charge in [0, 0.05) is 26.2 Å². The Bertz CT molecular complexity index is 710. The van der Waals surface area contributed by atoms with Crippen LogP contribution in [0.25, 0.3) is 0 Å². The number of carbonyl (C=O) groups is 2. The number of halogens is 1. The van der Waals surface area contributed by atoms with Crippen LogP contribution < -0.4 is 5.32 Å². The van der Waals surface area contributed by atoms with Gasteiger partial charge in [-0.15, -0.1) is 0 Å². The number of anilines is 1. The summed E-state index contributed by atoms with van der Waals surface area (Å²) in [5, 5.41) is 3.63. The van der Waals surface area contributed by atoms with Gasteiger partial charge in [-0.2, -0.15) is 0 Å². The largest absolute Gasteiger partial charge is 0.459 e. The predicted molar refractivity (Wildman–Crippen MR) is 91.1 cm³/mol. The maximum Gasteiger partial charge on any atom is 0.289 e. The topological polar surface area (TPSA) is 65.8 Å². The van der Waals surface area contributed by atoms with E-state index in [2.05, 4.69) is 5.32 Å². The van der Waals surface area contributed by atoms with Crippen LogP contribution in [0.4, 0.5) is 5.69 Å². The molecule has 2 aromatic rings. The molecule has 1 aliphatic rings. The molecule has 1 aromatic heterocycles. The Kier molecular flexibility index (Phi) is 5.05. The van der Waals surface area contributed by atoms with Gasteiger partial charge in [-0.1, -0.05) is 23.7 Å². The summed E-state index contributed by atoms with van der Waals surface area (Å²) in [7, 11) is 0. The van der Waals surface area contributed by atoms with Crippen LogP contribution in [0, 0.1) is 0 Å². The quantitative estimate of drug-likeness (QED) is 0.921. The van der Waals surface area contributed by atoms with E-state index >= 15 is 0 Å². The molecule has 0 saturated carbocycles. The van der Waals surface area contributed by atoms with Gasteiger partial charge in [0.2, 0.25) is 5.91 Å². The van der Waals surface area contributed by atoms with E-state index in [1.807, 2.05) is 18.2 Å². The molecule has 24 heavy (non-hydrogen) atoms. The molecule has 2 heterocycles. The van der Waals surface area contributed by atoms with Crippen molar-refractivity contribution in [3.05, 3.63) is 53.4 Å². The molecular formula is C17H18ClN3O3. The molecule has 1 saturated heterocycles. The lowest BCUT2D eigenvalue weighted by molar-refractivity contribution is -0.130. The third-order valence-electron chi connectivity index (χ3n) is 3.96. The highest BCUT2D eigenvalue weighted by Gasteiger charge is 2.25. The van der Waals surface area contributed by atoms with Gasteiger partial charge in [-0.05, 0) is 24.3 Å². The van der Waals surface area contributed by atoms with Gasteiger partial charge in [0.05, 0.1) is 23.5 Å². The Morgan fingerprint density at radius 2 is 1.75 bits per heavy atom. The third-order valence-corrected chi connectivity index (χ3v) is 4.29. The number of carbonyl (C=O) groups excluding carboxylic acids is 2. The standard InChI is InChI=1S/C17H18ClN3O3/c18-13-4-1-2-5-14(13)19-12-16(22)20-7-9-21(10-8-20)17(23)15-6-3-11-24-15/h1-6,11,19H,7-10,12H2. The summed E-state index contributed by atoms with van der Waals surface area (Å²) in [5.41, 5.74) is 0.735. The Morgan fingerprint density at radius 1 is 1.04 bits per heavy atom. The number of benzene rings is 1. The van der Waals surface area contributed by atoms with E-state index < -0.39 is 0 Å². The van der Waals surface area contributed by atoms with Crippen LogP contribution in [0.5, 0.6) is 0 Å². The van der Waals surface area contributed by atoms with Crippen LogP contribution in [0.15, 0.2) is 47.1 Å². The van der Waals surface area contributed by atoms with Crippen molar-refractivity contribution in [1.29, 1.82) is 0 Å². The monoisotopic (exact) mass is 347 g/mol. The number of amides is 2. The Balaban J connectivity index is 1.48. The maximum atomic E-state index is 12.3. The molecule has 7 heteroatoms. The van der Waals surface area contributed by atoms with Crippen molar-refractivity contribution >= 4 is 29.1 Å². The average molecular weight is 348 g/mol. The van der Waals surface area contributed by atoms with Crippen molar-refractivity contribution in [3.8, 4) is 0 Å². The van der Waals surface area contributed by atoms with Crippen LogP contribution in [0.1, 0.15) is 10.6 Å². The zero-order chi connectivity index (χ0) is 16.9.